The van der Waals surface area contributed by atoms with Gasteiger partial charge in [-0.1, -0.05) is 0 Å². The number of nitrogens with zero attached hydrogens (tertiary/aromatic N) is 4. The van der Waals surface area contributed by atoms with Crippen LogP contribution in [0.4, 0.5) is 0 Å². The van der Waals surface area contributed by atoms with Gasteiger partial charge in [0, 0.05) is 19.7 Å². The highest BCUT2D eigenvalue weighted by Gasteiger charge is 2.10. The maximum Gasteiger partial charge on any atom is 0.170 e. The molecule has 0 fully saturated rings. The highest BCUT2D eigenvalue weighted by molar-refractivity contribution is 9.10. The summed E-state index contributed by atoms with van der Waals surface area (Å²) in [4.78, 5) is 0. The molecular formula is C12H16BrN5O2. The molecule has 8 heteroatoms. The molecule has 2 rings (SSSR count). The van der Waals surface area contributed by atoms with Gasteiger partial charge in [0.15, 0.2) is 5.82 Å². The van der Waals surface area contributed by atoms with Crippen LogP contribution in [0.15, 0.2) is 22.7 Å². The van der Waals surface area contributed by atoms with E-state index in [0.29, 0.717) is 13.2 Å². The number of rotatable bonds is 7. The molecule has 1 aromatic carbocycles. The zero-order chi connectivity index (χ0) is 14.4. The Balaban J connectivity index is 2.14. The Hall–Kier alpha value is -1.51. The van der Waals surface area contributed by atoms with Gasteiger partial charge in [0.2, 0.25) is 0 Å². The molecule has 0 saturated carbocycles. The van der Waals surface area contributed by atoms with Crippen molar-refractivity contribution in [1.82, 2.24) is 25.5 Å². The lowest BCUT2D eigenvalue weighted by atomic mass is 10.3. The summed E-state index contributed by atoms with van der Waals surface area (Å²) in [7, 11) is 3.29. The summed E-state index contributed by atoms with van der Waals surface area (Å²) in [5.41, 5.74) is 0.846. The molecule has 108 valence electrons. The number of halogens is 1. The number of ether oxygens (including phenoxy) is 2. The third-order valence-electron chi connectivity index (χ3n) is 2.68. The minimum Gasteiger partial charge on any atom is -0.495 e. The second-order valence-corrected chi connectivity index (χ2v) is 4.85. The average Bonchev–Trinajstić information content (AvgIpc) is 2.92. The van der Waals surface area contributed by atoms with Crippen LogP contribution in [-0.4, -0.2) is 47.6 Å². The second-order valence-electron chi connectivity index (χ2n) is 4.00. The Morgan fingerprint density at radius 2 is 2.20 bits per heavy atom. The molecule has 0 spiro atoms. The first-order valence-electron chi connectivity index (χ1n) is 6.07. The van der Waals surface area contributed by atoms with Gasteiger partial charge >= 0.3 is 0 Å². The highest BCUT2D eigenvalue weighted by atomic mass is 79.9. The van der Waals surface area contributed by atoms with Crippen LogP contribution in [0.3, 0.4) is 0 Å². The molecule has 0 aliphatic heterocycles. The summed E-state index contributed by atoms with van der Waals surface area (Å²) in [6.07, 6.45) is 0. The van der Waals surface area contributed by atoms with E-state index in [-0.39, 0.29) is 0 Å². The summed E-state index contributed by atoms with van der Waals surface area (Å²) in [5, 5.41) is 14.9. The van der Waals surface area contributed by atoms with Crippen LogP contribution < -0.4 is 10.1 Å². The van der Waals surface area contributed by atoms with Crippen LogP contribution in [0, 0.1) is 0 Å². The van der Waals surface area contributed by atoms with Gasteiger partial charge in [0.05, 0.1) is 30.4 Å². The number of tetrazole rings is 1. The average molecular weight is 342 g/mol. The SMILES string of the molecule is COCCNCc1nnnn1-c1ccc(Br)c(OC)c1. The van der Waals surface area contributed by atoms with E-state index in [0.717, 1.165) is 28.3 Å². The van der Waals surface area contributed by atoms with E-state index in [9.17, 15) is 0 Å². The van der Waals surface area contributed by atoms with Gasteiger partial charge in [0.25, 0.3) is 0 Å². The summed E-state index contributed by atoms with van der Waals surface area (Å²) in [6.45, 7) is 1.95. The summed E-state index contributed by atoms with van der Waals surface area (Å²) in [6, 6.07) is 5.69. The van der Waals surface area contributed by atoms with E-state index in [1.165, 1.54) is 0 Å². The number of methoxy groups -OCH3 is 2. The molecule has 7 nitrogen and oxygen atoms in total. The molecule has 1 heterocycles. The van der Waals surface area contributed by atoms with Crippen LogP contribution in [0.1, 0.15) is 5.82 Å². The minimum absolute atomic E-state index is 0.564. The molecule has 1 aromatic heterocycles. The highest BCUT2D eigenvalue weighted by Crippen LogP contribution is 2.27. The Bertz CT molecular complexity index is 561. The molecule has 0 aliphatic carbocycles. The quantitative estimate of drug-likeness (QED) is 0.762. The predicted octanol–water partition coefficient (Wildman–Crippen LogP) is 1.17. The van der Waals surface area contributed by atoms with Crippen LogP contribution in [0.25, 0.3) is 5.69 Å². The number of aromatic nitrogens is 4. The van der Waals surface area contributed by atoms with Gasteiger partial charge in [-0.3, -0.25) is 0 Å². The molecule has 0 bridgehead atoms. The maximum atomic E-state index is 5.28. The molecule has 20 heavy (non-hydrogen) atoms. The van der Waals surface area contributed by atoms with E-state index >= 15 is 0 Å². The molecule has 0 amide bonds. The van der Waals surface area contributed by atoms with Crippen molar-refractivity contribution >= 4 is 15.9 Å². The fourth-order valence-electron chi connectivity index (χ4n) is 1.67. The van der Waals surface area contributed by atoms with Crippen LogP contribution >= 0.6 is 15.9 Å². The van der Waals surface area contributed by atoms with E-state index in [1.54, 1.807) is 18.9 Å². The monoisotopic (exact) mass is 341 g/mol. The molecule has 0 atom stereocenters. The first-order chi connectivity index (χ1) is 9.76. The Morgan fingerprint density at radius 1 is 1.35 bits per heavy atom. The van der Waals surface area contributed by atoms with Crippen LogP contribution in [-0.2, 0) is 11.3 Å². The lowest BCUT2D eigenvalue weighted by Gasteiger charge is -2.08. The summed E-state index contributed by atoms with van der Waals surface area (Å²) >= 11 is 3.42. The van der Waals surface area contributed by atoms with Gasteiger partial charge in [-0.15, -0.1) is 5.10 Å². The van der Waals surface area contributed by atoms with Crippen LogP contribution in [0.2, 0.25) is 0 Å². The molecule has 1 N–H and O–H groups in total. The second kappa shape index (κ2) is 7.32. The number of hydrogen-bond donors (Lipinski definition) is 1. The maximum absolute atomic E-state index is 5.28. The third kappa shape index (κ3) is 3.53. The number of benzene rings is 1. The first-order valence-corrected chi connectivity index (χ1v) is 6.86. The lowest BCUT2D eigenvalue weighted by Crippen LogP contribution is -2.21. The molecule has 2 aromatic rings. The van der Waals surface area contributed by atoms with E-state index in [2.05, 4.69) is 36.8 Å². The van der Waals surface area contributed by atoms with Gasteiger partial charge in [-0.2, -0.15) is 4.68 Å². The first kappa shape index (κ1) is 14.9. The van der Waals surface area contributed by atoms with Crippen molar-refractivity contribution in [3.63, 3.8) is 0 Å². The zero-order valence-electron chi connectivity index (χ0n) is 11.3. The molecule has 0 saturated heterocycles. The lowest BCUT2D eigenvalue weighted by molar-refractivity contribution is 0.199. The van der Waals surface area contributed by atoms with Gasteiger partial charge in [-0.25, -0.2) is 0 Å². The van der Waals surface area contributed by atoms with Crippen molar-refractivity contribution in [1.29, 1.82) is 0 Å². The third-order valence-corrected chi connectivity index (χ3v) is 3.33. The van der Waals surface area contributed by atoms with Gasteiger partial charge in [0.1, 0.15) is 5.75 Å². The van der Waals surface area contributed by atoms with Crippen molar-refractivity contribution in [3.05, 3.63) is 28.5 Å². The summed E-state index contributed by atoms with van der Waals surface area (Å²) in [5.74, 6) is 1.46. The van der Waals surface area contributed by atoms with Gasteiger partial charge < -0.3 is 14.8 Å². The van der Waals surface area contributed by atoms with E-state index < -0.39 is 0 Å². The normalized spacial score (nSPS) is 10.8. The molecule has 0 unspecified atom stereocenters. The fraction of sp³-hybridized carbons (Fsp3) is 0.417. The Labute approximate surface area is 125 Å². The standard InChI is InChI=1S/C12H16BrN5O2/c1-19-6-5-14-8-12-15-16-17-18(12)9-3-4-10(13)11(7-9)20-2/h3-4,7,14H,5-6,8H2,1-2H3. The van der Waals surface area contributed by atoms with Crippen molar-refractivity contribution in [3.8, 4) is 11.4 Å². The molecular weight excluding hydrogens is 326 g/mol. The minimum atomic E-state index is 0.564. The summed E-state index contributed by atoms with van der Waals surface area (Å²) < 4.78 is 12.8. The molecule has 0 aliphatic rings. The van der Waals surface area contributed by atoms with Crippen LogP contribution in [0.5, 0.6) is 5.75 Å². The Kier molecular flexibility index (Phi) is 5.45. The fourth-order valence-corrected chi connectivity index (χ4v) is 2.08. The van der Waals surface area contributed by atoms with E-state index in [4.69, 9.17) is 9.47 Å². The van der Waals surface area contributed by atoms with Crippen molar-refractivity contribution in [2.75, 3.05) is 27.4 Å². The van der Waals surface area contributed by atoms with Crippen molar-refractivity contribution in [2.45, 2.75) is 6.54 Å². The largest absolute Gasteiger partial charge is 0.495 e. The topological polar surface area (TPSA) is 74.1 Å². The van der Waals surface area contributed by atoms with E-state index in [1.807, 2.05) is 18.2 Å². The van der Waals surface area contributed by atoms with Gasteiger partial charge in [-0.05, 0) is 38.5 Å². The predicted molar refractivity (Wildman–Crippen MR) is 77.0 cm³/mol. The zero-order valence-corrected chi connectivity index (χ0v) is 12.9. The van der Waals surface area contributed by atoms with Crippen molar-refractivity contribution < 1.29 is 9.47 Å². The molecule has 0 radical (unpaired) electrons. The Morgan fingerprint density at radius 3 is 2.95 bits per heavy atom. The smallest absolute Gasteiger partial charge is 0.170 e. The number of nitrogens with one attached hydrogen (secondary N) is 1. The number of hydrogen-bond acceptors (Lipinski definition) is 6. The van der Waals surface area contributed by atoms with Crippen molar-refractivity contribution in [2.24, 2.45) is 0 Å².